The average Bonchev–Trinajstić information content (AvgIpc) is 2.42. The van der Waals surface area contributed by atoms with Crippen molar-refractivity contribution in [1.82, 2.24) is 10.6 Å². The maximum Gasteiger partial charge on any atom is 0.191 e. The van der Waals surface area contributed by atoms with Crippen molar-refractivity contribution in [3.8, 4) is 5.75 Å². The molecule has 0 spiro atoms. The quantitative estimate of drug-likeness (QED) is 0.416. The fourth-order valence-corrected chi connectivity index (χ4v) is 1.84. The number of rotatable bonds is 5. The molecule has 1 atom stereocenters. The molecule has 0 fully saturated rings. The van der Waals surface area contributed by atoms with Gasteiger partial charge in [0.2, 0.25) is 0 Å². The maximum absolute atomic E-state index is 6.02. The van der Waals surface area contributed by atoms with E-state index in [1.165, 1.54) is 0 Å². The van der Waals surface area contributed by atoms with Crippen molar-refractivity contribution in [1.29, 1.82) is 0 Å². The molecule has 0 radical (unpaired) electrons. The van der Waals surface area contributed by atoms with Crippen molar-refractivity contribution in [3.05, 3.63) is 29.8 Å². The molecule has 0 aliphatic heterocycles. The number of para-hydroxylation sites is 1. The van der Waals surface area contributed by atoms with Gasteiger partial charge in [0.1, 0.15) is 11.4 Å². The van der Waals surface area contributed by atoms with Crippen LogP contribution in [0.4, 0.5) is 0 Å². The van der Waals surface area contributed by atoms with E-state index in [1.807, 2.05) is 18.2 Å². The third-order valence-electron chi connectivity index (χ3n) is 3.42. The zero-order valence-corrected chi connectivity index (χ0v) is 17.8. The van der Waals surface area contributed by atoms with Crippen LogP contribution < -0.4 is 15.4 Å². The molecule has 4 nitrogen and oxygen atoms in total. The Bertz CT molecular complexity index is 495. The monoisotopic (exact) mass is 433 g/mol. The number of aliphatic imine (C=N–C) groups is 1. The highest BCUT2D eigenvalue weighted by atomic mass is 127. The second-order valence-corrected chi connectivity index (χ2v) is 6.92. The van der Waals surface area contributed by atoms with Gasteiger partial charge >= 0.3 is 0 Å². The molecule has 0 amide bonds. The Hall–Kier alpha value is -0.980. The standard InChI is InChI=1S/C18H31N3O.HI/c1-13(2)14(3)21-17(19-7)20-12-15-10-8-9-11-16(15)22-18(4,5)6;/h8-11,13-14H,12H2,1-7H3,(H2,19,20,21);1H. The van der Waals surface area contributed by atoms with Gasteiger partial charge in [-0.05, 0) is 39.7 Å². The first-order chi connectivity index (χ1) is 10.2. The zero-order chi connectivity index (χ0) is 16.8. The van der Waals surface area contributed by atoms with E-state index in [9.17, 15) is 0 Å². The summed E-state index contributed by atoms with van der Waals surface area (Å²) in [5.74, 6) is 2.27. The highest BCUT2D eigenvalue weighted by Gasteiger charge is 2.15. The molecule has 0 saturated heterocycles. The number of benzene rings is 1. The van der Waals surface area contributed by atoms with Crippen molar-refractivity contribution < 1.29 is 4.74 Å². The van der Waals surface area contributed by atoms with Crippen LogP contribution in [0.25, 0.3) is 0 Å². The van der Waals surface area contributed by atoms with E-state index in [1.54, 1.807) is 7.05 Å². The number of halogens is 1. The van der Waals surface area contributed by atoms with E-state index in [4.69, 9.17) is 4.74 Å². The largest absolute Gasteiger partial charge is 0.488 e. The van der Waals surface area contributed by atoms with E-state index in [2.05, 4.69) is 63.2 Å². The topological polar surface area (TPSA) is 45.7 Å². The summed E-state index contributed by atoms with van der Waals surface area (Å²) in [6.45, 7) is 13.4. The van der Waals surface area contributed by atoms with Crippen LogP contribution in [0, 0.1) is 5.92 Å². The molecule has 5 heteroatoms. The molecule has 0 aliphatic carbocycles. The first-order valence-corrected chi connectivity index (χ1v) is 7.97. The molecule has 132 valence electrons. The van der Waals surface area contributed by atoms with Crippen LogP contribution in [0.1, 0.15) is 47.1 Å². The van der Waals surface area contributed by atoms with Crippen molar-refractivity contribution in [2.45, 2.75) is 59.7 Å². The van der Waals surface area contributed by atoms with Crippen LogP contribution in [0.15, 0.2) is 29.3 Å². The molecule has 0 bridgehead atoms. The Kier molecular flexibility index (Phi) is 9.58. The number of nitrogens with zero attached hydrogens (tertiary/aromatic N) is 1. The third kappa shape index (κ3) is 8.44. The summed E-state index contributed by atoms with van der Waals surface area (Å²) in [5.41, 5.74) is 0.917. The first-order valence-electron chi connectivity index (χ1n) is 7.97. The smallest absolute Gasteiger partial charge is 0.191 e. The van der Waals surface area contributed by atoms with Gasteiger partial charge in [-0.2, -0.15) is 0 Å². The number of guanidine groups is 1. The lowest BCUT2D eigenvalue weighted by Crippen LogP contribution is -2.43. The Morgan fingerprint density at radius 2 is 1.78 bits per heavy atom. The van der Waals surface area contributed by atoms with Gasteiger partial charge in [-0.1, -0.05) is 32.0 Å². The van der Waals surface area contributed by atoms with E-state index in [0.717, 1.165) is 17.3 Å². The molecule has 0 aromatic heterocycles. The second kappa shape index (κ2) is 10.0. The lowest BCUT2D eigenvalue weighted by Gasteiger charge is -2.24. The highest BCUT2D eigenvalue weighted by Crippen LogP contribution is 2.22. The molecule has 23 heavy (non-hydrogen) atoms. The van der Waals surface area contributed by atoms with Crippen LogP contribution in [-0.4, -0.2) is 24.7 Å². The van der Waals surface area contributed by atoms with Crippen molar-refractivity contribution >= 4 is 29.9 Å². The van der Waals surface area contributed by atoms with Crippen LogP contribution in [-0.2, 0) is 6.54 Å². The first kappa shape index (κ1) is 22.0. The van der Waals surface area contributed by atoms with E-state index < -0.39 is 0 Å². The Balaban J connectivity index is 0.00000484. The fraction of sp³-hybridized carbons (Fsp3) is 0.611. The summed E-state index contributed by atoms with van der Waals surface area (Å²) in [6.07, 6.45) is 0. The minimum atomic E-state index is -0.206. The van der Waals surface area contributed by atoms with Gasteiger partial charge in [0, 0.05) is 25.2 Å². The number of hydrogen-bond acceptors (Lipinski definition) is 2. The summed E-state index contributed by atoms with van der Waals surface area (Å²) in [7, 11) is 1.79. The summed E-state index contributed by atoms with van der Waals surface area (Å²) in [5, 5.41) is 6.76. The molecule has 1 aromatic rings. The van der Waals surface area contributed by atoms with E-state index >= 15 is 0 Å². The number of ether oxygens (including phenoxy) is 1. The van der Waals surface area contributed by atoms with Crippen molar-refractivity contribution in [2.75, 3.05) is 7.05 Å². The average molecular weight is 433 g/mol. The maximum atomic E-state index is 6.02. The molecular formula is C18H32IN3O. The molecule has 1 aromatic carbocycles. The third-order valence-corrected chi connectivity index (χ3v) is 3.42. The van der Waals surface area contributed by atoms with Gasteiger partial charge in [0.15, 0.2) is 5.96 Å². The summed E-state index contributed by atoms with van der Waals surface area (Å²) >= 11 is 0. The second-order valence-electron chi connectivity index (χ2n) is 6.92. The van der Waals surface area contributed by atoms with Crippen LogP contribution >= 0.6 is 24.0 Å². The molecule has 0 saturated carbocycles. The van der Waals surface area contributed by atoms with Crippen LogP contribution in [0.5, 0.6) is 5.75 Å². The van der Waals surface area contributed by atoms with Crippen molar-refractivity contribution in [3.63, 3.8) is 0 Å². The fourth-order valence-electron chi connectivity index (χ4n) is 1.84. The van der Waals surface area contributed by atoms with Gasteiger partial charge in [0.05, 0.1) is 0 Å². The number of nitrogens with one attached hydrogen (secondary N) is 2. The molecule has 1 unspecified atom stereocenters. The minimum absolute atomic E-state index is 0. The Morgan fingerprint density at radius 1 is 1.17 bits per heavy atom. The van der Waals surface area contributed by atoms with Crippen LogP contribution in [0.2, 0.25) is 0 Å². The van der Waals surface area contributed by atoms with Gasteiger partial charge in [-0.25, -0.2) is 0 Å². The highest BCUT2D eigenvalue weighted by molar-refractivity contribution is 14.0. The Morgan fingerprint density at radius 3 is 2.30 bits per heavy atom. The van der Waals surface area contributed by atoms with Crippen LogP contribution in [0.3, 0.4) is 0 Å². The summed E-state index contributed by atoms with van der Waals surface area (Å²) in [6, 6.07) is 8.48. The number of hydrogen-bond donors (Lipinski definition) is 2. The lowest BCUT2D eigenvalue weighted by atomic mass is 10.1. The molecular weight excluding hydrogens is 401 g/mol. The molecule has 1 rings (SSSR count). The van der Waals surface area contributed by atoms with E-state index in [-0.39, 0.29) is 29.6 Å². The molecule has 0 aliphatic rings. The normalized spacial score (nSPS) is 13.3. The van der Waals surface area contributed by atoms with E-state index in [0.29, 0.717) is 18.5 Å². The lowest BCUT2D eigenvalue weighted by molar-refractivity contribution is 0.129. The van der Waals surface area contributed by atoms with Gasteiger partial charge in [-0.3, -0.25) is 4.99 Å². The molecule has 0 heterocycles. The zero-order valence-electron chi connectivity index (χ0n) is 15.4. The predicted molar refractivity (Wildman–Crippen MR) is 110 cm³/mol. The van der Waals surface area contributed by atoms with Crippen molar-refractivity contribution in [2.24, 2.45) is 10.9 Å². The summed E-state index contributed by atoms with van der Waals surface area (Å²) in [4.78, 5) is 4.28. The van der Waals surface area contributed by atoms with Gasteiger partial charge < -0.3 is 15.4 Å². The summed E-state index contributed by atoms with van der Waals surface area (Å²) < 4.78 is 6.02. The minimum Gasteiger partial charge on any atom is -0.488 e. The Labute approximate surface area is 158 Å². The predicted octanol–water partition coefficient (Wildman–Crippen LogP) is 4.19. The van der Waals surface area contributed by atoms with Gasteiger partial charge in [0.25, 0.3) is 0 Å². The molecule has 2 N–H and O–H groups in total. The van der Waals surface area contributed by atoms with Gasteiger partial charge in [-0.15, -0.1) is 24.0 Å². The SMILES string of the molecule is CN=C(NCc1ccccc1OC(C)(C)C)NC(C)C(C)C.I.